The molecule has 0 aliphatic heterocycles. The maximum absolute atomic E-state index is 11.1. The average Bonchev–Trinajstić information content (AvgIpc) is 2.38. The minimum atomic E-state index is -0.441. The van der Waals surface area contributed by atoms with Crippen molar-refractivity contribution in [2.75, 3.05) is 13.7 Å². The van der Waals surface area contributed by atoms with Crippen molar-refractivity contribution < 1.29 is 14.5 Å². The number of rotatable bonds is 6. The Kier molecular flexibility index (Phi) is 5.73. The molecule has 0 spiro atoms. The lowest BCUT2D eigenvalue weighted by Gasteiger charge is -2.09. The van der Waals surface area contributed by atoms with Crippen LogP contribution in [-0.2, 0) is 16.1 Å². The number of nitro benzene ring substituents is 1. The molecule has 0 saturated carbocycles. The van der Waals surface area contributed by atoms with Gasteiger partial charge in [0, 0.05) is 25.2 Å². The number of nitrogens with zero attached hydrogens (tertiary/aromatic N) is 1. The van der Waals surface area contributed by atoms with Gasteiger partial charge in [0.1, 0.15) is 4.83 Å². The number of methoxy groups -OCH3 is 1. The molecule has 6 nitrogen and oxygen atoms in total. The Hall–Kier alpha value is -1.47. The van der Waals surface area contributed by atoms with Crippen molar-refractivity contribution in [1.29, 1.82) is 0 Å². The highest BCUT2D eigenvalue weighted by molar-refractivity contribution is 9.10. The Morgan fingerprint density at radius 3 is 2.61 bits per heavy atom. The van der Waals surface area contributed by atoms with Gasteiger partial charge in [-0.05, 0) is 5.56 Å². The molecule has 18 heavy (non-hydrogen) atoms. The smallest absolute Gasteiger partial charge is 0.320 e. The van der Waals surface area contributed by atoms with Crippen LogP contribution in [0.5, 0.6) is 0 Å². The number of halogens is 1. The number of esters is 1. The van der Waals surface area contributed by atoms with Crippen molar-refractivity contribution in [2.24, 2.45) is 0 Å². The lowest BCUT2D eigenvalue weighted by atomic mass is 10.2. The van der Waals surface area contributed by atoms with Gasteiger partial charge in [-0.15, -0.1) is 0 Å². The van der Waals surface area contributed by atoms with Crippen LogP contribution in [0.1, 0.15) is 5.56 Å². The molecular weight excluding hydrogens is 304 g/mol. The van der Waals surface area contributed by atoms with Gasteiger partial charge in [0.05, 0.1) is 12.0 Å². The molecule has 0 aliphatic rings. The molecule has 1 atom stereocenters. The van der Waals surface area contributed by atoms with E-state index in [1.54, 1.807) is 12.1 Å². The van der Waals surface area contributed by atoms with Crippen molar-refractivity contribution in [3.05, 3.63) is 39.9 Å². The summed E-state index contributed by atoms with van der Waals surface area (Å²) >= 11 is 3.18. The van der Waals surface area contributed by atoms with Gasteiger partial charge in [0.2, 0.25) is 0 Å². The van der Waals surface area contributed by atoms with Crippen molar-refractivity contribution >= 4 is 27.6 Å². The summed E-state index contributed by atoms with van der Waals surface area (Å²) in [5.74, 6) is -0.341. The zero-order chi connectivity index (χ0) is 13.5. The van der Waals surface area contributed by atoms with Crippen molar-refractivity contribution in [1.82, 2.24) is 5.32 Å². The summed E-state index contributed by atoms with van der Waals surface area (Å²) in [4.78, 5) is 20.7. The number of carbonyl (C=O) groups is 1. The van der Waals surface area contributed by atoms with Gasteiger partial charge >= 0.3 is 5.97 Å². The van der Waals surface area contributed by atoms with Gasteiger partial charge in [-0.25, -0.2) is 0 Å². The molecule has 0 bridgehead atoms. The second-order valence-electron chi connectivity index (χ2n) is 3.55. The molecule has 1 rings (SSSR count). The molecule has 98 valence electrons. The van der Waals surface area contributed by atoms with Crippen LogP contribution in [0.4, 0.5) is 5.69 Å². The standard InChI is InChI=1S/C11H13BrN2O4/c1-18-11(15)10(12)7-13-6-8-2-4-9(5-3-8)14(16)17/h2-5,10,13H,6-7H2,1H3. The van der Waals surface area contributed by atoms with Crippen LogP contribution in [0.25, 0.3) is 0 Å². The fourth-order valence-electron chi connectivity index (χ4n) is 1.29. The van der Waals surface area contributed by atoms with Gasteiger partial charge in [-0.3, -0.25) is 14.9 Å². The first kappa shape index (κ1) is 14.6. The maximum Gasteiger partial charge on any atom is 0.320 e. The Morgan fingerprint density at radius 1 is 1.50 bits per heavy atom. The van der Waals surface area contributed by atoms with E-state index in [9.17, 15) is 14.9 Å². The van der Waals surface area contributed by atoms with E-state index < -0.39 is 9.75 Å². The Bertz CT molecular complexity index is 422. The molecule has 0 saturated heterocycles. The third kappa shape index (κ3) is 4.42. The number of nitrogens with one attached hydrogen (secondary N) is 1. The molecule has 0 radical (unpaired) electrons. The first-order valence-corrected chi connectivity index (χ1v) is 6.12. The molecule has 1 N–H and O–H groups in total. The van der Waals surface area contributed by atoms with E-state index in [0.29, 0.717) is 13.1 Å². The van der Waals surface area contributed by atoms with Gasteiger partial charge in [0.15, 0.2) is 0 Å². The first-order chi connectivity index (χ1) is 8.54. The van der Waals surface area contributed by atoms with Gasteiger partial charge in [-0.1, -0.05) is 28.1 Å². The fraction of sp³-hybridized carbons (Fsp3) is 0.364. The predicted molar refractivity (Wildman–Crippen MR) is 69.5 cm³/mol. The monoisotopic (exact) mass is 316 g/mol. The molecule has 0 aliphatic carbocycles. The number of hydrogen-bond acceptors (Lipinski definition) is 5. The molecule has 0 amide bonds. The van der Waals surface area contributed by atoms with Crippen LogP contribution in [0, 0.1) is 10.1 Å². The Labute approximate surface area is 113 Å². The highest BCUT2D eigenvalue weighted by atomic mass is 79.9. The van der Waals surface area contributed by atoms with E-state index in [2.05, 4.69) is 26.0 Å². The van der Waals surface area contributed by atoms with Crippen molar-refractivity contribution in [2.45, 2.75) is 11.4 Å². The van der Waals surface area contributed by atoms with E-state index in [4.69, 9.17) is 0 Å². The zero-order valence-electron chi connectivity index (χ0n) is 9.76. The largest absolute Gasteiger partial charge is 0.468 e. The lowest BCUT2D eigenvalue weighted by molar-refractivity contribution is -0.384. The third-order valence-corrected chi connectivity index (χ3v) is 2.95. The van der Waals surface area contributed by atoms with Crippen LogP contribution in [0.3, 0.4) is 0 Å². The number of nitro groups is 1. The topological polar surface area (TPSA) is 81.5 Å². The molecule has 0 fully saturated rings. The number of benzene rings is 1. The minimum absolute atomic E-state index is 0.0617. The summed E-state index contributed by atoms with van der Waals surface area (Å²) in [7, 11) is 1.33. The molecule has 0 aromatic heterocycles. The zero-order valence-corrected chi connectivity index (χ0v) is 11.3. The first-order valence-electron chi connectivity index (χ1n) is 5.20. The molecule has 7 heteroatoms. The van der Waals surface area contributed by atoms with Crippen LogP contribution < -0.4 is 5.32 Å². The molecular formula is C11H13BrN2O4. The van der Waals surface area contributed by atoms with Crippen LogP contribution >= 0.6 is 15.9 Å². The maximum atomic E-state index is 11.1. The summed E-state index contributed by atoms with van der Waals surface area (Å²) in [6.07, 6.45) is 0. The molecule has 1 unspecified atom stereocenters. The summed E-state index contributed by atoms with van der Waals surface area (Å²) in [5.41, 5.74) is 0.969. The molecule has 1 aromatic carbocycles. The number of alkyl halides is 1. The number of hydrogen-bond donors (Lipinski definition) is 1. The van der Waals surface area contributed by atoms with E-state index in [0.717, 1.165) is 5.56 Å². The second kappa shape index (κ2) is 7.07. The highest BCUT2D eigenvalue weighted by Crippen LogP contribution is 2.11. The SMILES string of the molecule is COC(=O)C(Br)CNCc1ccc([N+](=O)[O-])cc1. The normalized spacial score (nSPS) is 11.9. The van der Waals surface area contributed by atoms with E-state index in [-0.39, 0.29) is 11.7 Å². The fourth-order valence-corrected chi connectivity index (χ4v) is 1.71. The summed E-state index contributed by atoms with van der Waals surface area (Å²) in [6.45, 7) is 0.945. The average molecular weight is 317 g/mol. The highest BCUT2D eigenvalue weighted by Gasteiger charge is 2.14. The Balaban J connectivity index is 2.40. The van der Waals surface area contributed by atoms with E-state index >= 15 is 0 Å². The van der Waals surface area contributed by atoms with E-state index in [1.807, 2.05) is 0 Å². The lowest BCUT2D eigenvalue weighted by Crippen LogP contribution is -2.29. The van der Waals surface area contributed by atoms with Crippen molar-refractivity contribution in [3.63, 3.8) is 0 Å². The van der Waals surface area contributed by atoms with Gasteiger partial charge in [0.25, 0.3) is 5.69 Å². The Morgan fingerprint density at radius 2 is 2.11 bits per heavy atom. The summed E-state index contributed by atoms with van der Waals surface area (Å²) in [6, 6.07) is 6.24. The van der Waals surface area contributed by atoms with Crippen LogP contribution in [0.2, 0.25) is 0 Å². The molecule has 0 heterocycles. The molecule has 1 aromatic rings. The number of carbonyl (C=O) groups excluding carboxylic acids is 1. The quantitative estimate of drug-likeness (QED) is 0.373. The predicted octanol–water partition coefficient (Wildman–Crippen LogP) is 1.62. The van der Waals surface area contributed by atoms with Gasteiger partial charge < -0.3 is 10.1 Å². The van der Waals surface area contributed by atoms with Crippen LogP contribution in [0.15, 0.2) is 24.3 Å². The van der Waals surface area contributed by atoms with E-state index in [1.165, 1.54) is 19.2 Å². The number of ether oxygens (including phenoxy) is 1. The third-order valence-electron chi connectivity index (χ3n) is 2.26. The number of non-ortho nitro benzene ring substituents is 1. The summed E-state index contributed by atoms with van der Waals surface area (Å²) in [5, 5.41) is 13.5. The van der Waals surface area contributed by atoms with Crippen molar-refractivity contribution in [3.8, 4) is 0 Å². The second-order valence-corrected chi connectivity index (χ2v) is 4.65. The minimum Gasteiger partial charge on any atom is -0.468 e. The van der Waals surface area contributed by atoms with Crippen LogP contribution in [-0.4, -0.2) is 29.4 Å². The summed E-state index contributed by atoms with van der Waals surface area (Å²) < 4.78 is 4.56. The van der Waals surface area contributed by atoms with Gasteiger partial charge in [-0.2, -0.15) is 0 Å².